The van der Waals surface area contributed by atoms with Crippen LogP contribution in [0.15, 0.2) is 24.3 Å². The van der Waals surface area contributed by atoms with Gasteiger partial charge in [-0.2, -0.15) is 0 Å². The fourth-order valence-electron chi connectivity index (χ4n) is 5.84. The summed E-state index contributed by atoms with van der Waals surface area (Å²) < 4.78 is 0. The minimum absolute atomic E-state index is 0.121. The number of fused-ring (bicyclic) bond motifs is 1. The maximum absolute atomic E-state index is 10.8. The van der Waals surface area contributed by atoms with Crippen LogP contribution in [0.3, 0.4) is 0 Å². The van der Waals surface area contributed by atoms with Crippen molar-refractivity contribution < 1.29 is 5.11 Å². The molecule has 2 heterocycles. The summed E-state index contributed by atoms with van der Waals surface area (Å²) in [6, 6.07) is 9.06. The summed E-state index contributed by atoms with van der Waals surface area (Å²) in [4.78, 5) is 2.50. The minimum atomic E-state index is -0.121. The van der Waals surface area contributed by atoms with Crippen molar-refractivity contribution in [3.8, 4) is 0 Å². The molecule has 1 aromatic rings. The average Bonchev–Trinajstić information content (AvgIpc) is 3.01. The van der Waals surface area contributed by atoms with Gasteiger partial charge in [0, 0.05) is 18.5 Å². The maximum atomic E-state index is 10.8. The van der Waals surface area contributed by atoms with Gasteiger partial charge in [-0.3, -0.25) is 0 Å². The smallest absolute Gasteiger partial charge is 0.0577 e. The van der Waals surface area contributed by atoms with E-state index in [1.54, 1.807) is 5.56 Å². The molecule has 0 amide bonds. The highest BCUT2D eigenvalue weighted by atomic mass is 16.3. The van der Waals surface area contributed by atoms with E-state index >= 15 is 0 Å². The Balaban J connectivity index is 1.85. The second-order valence-electron chi connectivity index (χ2n) is 8.00. The third-order valence-electron chi connectivity index (χ3n) is 6.70. The number of hydrogen-bond acceptors (Lipinski definition) is 3. The summed E-state index contributed by atoms with van der Waals surface area (Å²) in [5.41, 5.74) is 3.18. The lowest BCUT2D eigenvalue weighted by atomic mass is 9.56. The van der Waals surface area contributed by atoms with Crippen LogP contribution in [0.25, 0.3) is 0 Å². The standard InChI is InChI=1S/C20H30N2O/c1-22-13-15-5-2-3-6-17(15)20(14-22,16-9-11-21-12-10-16)18-7-4-8-19(18)23/h2-3,5-6,16,18-19,21,23H,4,7-14H2,1H3/t18-,19-,20?/m0/s1. The van der Waals surface area contributed by atoms with Gasteiger partial charge in [0.15, 0.2) is 0 Å². The molecule has 2 N–H and O–H groups in total. The SMILES string of the molecule is CN1Cc2ccccc2C(C2CCNCC2)([C@H]2CCC[C@@H]2O)C1. The largest absolute Gasteiger partial charge is 0.393 e. The van der Waals surface area contributed by atoms with Gasteiger partial charge < -0.3 is 15.3 Å². The third kappa shape index (κ3) is 2.54. The van der Waals surface area contributed by atoms with E-state index in [4.69, 9.17) is 0 Å². The van der Waals surface area contributed by atoms with Crippen LogP contribution in [-0.2, 0) is 12.0 Å². The highest BCUT2D eigenvalue weighted by Crippen LogP contribution is 2.52. The summed E-state index contributed by atoms with van der Waals surface area (Å²) in [7, 11) is 2.26. The fourth-order valence-corrected chi connectivity index (χ4v) is 5.84. The molecule has 3 nitrogen and oxygen atoms in total. The number of rotatable bonds is 2. The zero-order chi connectivity index (χ0) is 15.9. The highest BCUT2D eigenvalue weighted by Gasteiger charge is 2.53. The van der Waals surface area contributed by atoms with Crippen molar-refractivity contribution in [1.82, 2.24) is 10.2 Å². The van der Waals surface area contributed by atoms with E-state index in [1.807, 2.05) is 0 Å². The highest BCUT2D eigenvalue weighted by molar-refractivity contribution is 5.39. The minimum Gasteiger partial charge on any atom is -0.393 e. The summed E-state index contributed by atoms with van der Waals surface area (Å²) in [5, 5.41) is 14.3. The molecule has 3 heteroatoms. The molecule has 3 aliphatic rings. The molecule has 0 spiro atoms. The first-order chi connectivity index (χ1) is 11.2. The van der Waals surface area contributed by atoms with Crippen LogP contribution < -0.4 is 5.32 Å². The van der Waals surface area contributed by atoms with Crippen molar-refractivity contribution >= 4 is 0 Å². The second kappa shape index (κ2) is 6.19. The fraction of sp³-hybridized carbons (Fsp3) is 0.700. The average molecular weight is 314 g/mol. The molecular weight excluding hydrogens is 284 g/mol. The van der Waals surface area contributed by atoms with Crippen molar-refractivity contribution in [2.45, 2.75) is 50.2 Å². The molecule has 23 heavy (non-hydrogen) atoms. The topological polar surface area (TPSA) is 35.5 Å². The molecule has 1 saturated heterocycles. The van der Waals surface area contributed by atoms with E-state index in [0.717, 1.165) is 32.6 Å². The first kappa shape index (κ1) is 15.6. The van der Waals surface area contributed by atoms with Crippen LogP contribution in [0.4, 0.5) is 0 Å². The lowest BCUT2D eigenvalue weighted by Crippen LogP contribution is -2.57. The molecule has 3 atom stereocenters. The summed E-state index contributed by atoms with van der Waals surface area (Å²) >= 11 is 0. The van der Waals surface area contributed by atoms with E-state index in [9.17, 15) is 5.11 Å². The summed E-state index contributed by atoms with van der Waals surface area (Å²) in [5.74, 6) is 1.11. The Morgan fingerprint density at radius 2 is 1.91 bits per heavy atom. The third-order valence-corrected chi connectivity index (χ3v) is 6.70. The van der Waals surface area contributed by atoms with Crippen LogP contribution in [0.5, 0.6) is 0 Å². The molecule has 2 aliphatic heterocycles. The van der Waals surface area contributed by atoms with Gasteiger partial charge in [-0.1, -0.05) is 30.7 Å². The molecule has 4 rings (SSSR count). The predicted molar refractivity (Wildman–Crippen MR) is 93.4 cm³/mol. The van der Waals surface area contributed by atoms with Gasteiger partial charge in [0.1, 0.15) is 0 Å². The van der Waals surface area contributed by atoms with Crippen molar-refractivity contribution in [2.24, 2.45) is 11.8 Å². The van der Waals surface area contributed by atoms with E-state index < -0.39 is 0 Å². The normalized spacial score (nSPS) is 36.1. The number of nitrogens with one attached hydrogen (secondary N) is 1. The molecule has 126 valence electrons. The monoisotopic (exact) mass is 314 g/mol. The molecule has 0 bridgehead atoms. The van der Waals surface area contributed by atoms with Gasteiger partial charge in [0.05, 0.1) is 6.10 Å². The molecular formula is C20H30N2O. The van der Waals surface area contributed by atoms with Crippen LogP contribution in [-0.4, -0.2) is 42.8 Å². The van der Waals surface area contributed by atoms with Gasteiger partial charge in [-0.05, 0) is 68.8 Å². The Labute approximate surface area is 140 Å². The number of hydrogen-bond donors (Lipinski definition) is 2. The molecule has 1 unspecified atom stereocenters. The van der Waals surface area contributed by atoms with Crippen molar-refractivity contribution in [3.63, 3.8) is 0 Å². The Hall–Kier alpha value is -0.900. The van der Waals surface area contributed by atoms with E-state index in [0.29, 0.717) is 11.8 Å². The summed E-state index contributed by atoms with van der Waals surface area (Å²) in [6.07, 6.45) is 5.72. The number of aliphatic hydroxyl groups excluding tert-OH is 1. The van der Waals surface area contributed by atoms with Crippen LogP contribution in [0.1, 0.15) is 43.2 Å². The second-order valence-corrected chi connectivity index (χ2v) is 8.00. The van der Waals surface area contributed by atoms with Crippen LogP contribution in [0, 0.1) is 11.8 Å². The summed E-state index contributed by atoms with van der Waals surface area (Å²) in [6.45, 7) is 4.41. The zero-order valence-electron chi connectivity index (χ0n) is 14.3. The Morgan fingerprint density at radius 1 is 1.13 bits per heavy atom. The first-order valence-electron chi connectivity index (χ1n) is 9.37. The van der Waals surface area contributed by atoms with Crippen LogP contribution in [0.2, 0.25) is 0 Å². The molecule has 1 saturated carbocycles. The Bertz CT molecular complexity index is 554. The van der Waals surface area contributed by atoms with Crippen molar-refractivity contribution in [2.75, 3.05) is 26.7 Å². The quantitative estimate of drug-likeness (QED) is 0.880. The molecule has 1 aromatic carbocycles. The number of aliphatic hydroxyl groups is 1. The number of piperidine rings is 1. The lowest BCUT2D eigenvalue weighted by Gasteiger charge is -2.53. The number of benzene rings is 1. The Morgan fingerprint density at radius 3 is 2.65 bits per heavy atom. The molecule has 0 radical (unpaired) electrons. The Kier molecular flexibility index (Phi) is 4.21. The molecule has 1 aliphatic carbocycles. The van der Waals surface area contributed by atoms with Crippen molar-refractivity contribution in [1.29, 1.82) is 0 Å². The molecule has 0 aromatic heterocycles. The predicted octanol–water partition coefficient (Wildman–Crippen LogP) is 2.53. The van der Waals surface area contributed by atoms with Crippen LogP contribution >= 0.6 is 0 Å². The van der Waals surface area contributed by atoms with E-state index in [2.05, 4.69) is 41.5 Å². The number of nitrogens with zero attached hydrogens (tertiary/aromatic N) is 1. The van der Waals surface area contributed by atoms with Gasteiger partial charge in [-0.15, -0.1) is 0 Å². The molecule has 2 fully saturated rings. The van der Waals surface area contributed by atoms with Gasteiger partial charge in [0.2, 0.25) is 0 Å². The van der Waals surface area contributed by atoms with Crippen molar-refractivity contribution in [3.05, 3.63) is 35.4 Å². The van der Waals surface area contributed by atoms with Gasteiger partial charge in [0.25, 0.3) is 0 Å². The van der Waals surface area contributed by atoms with E-state index in [-0.39, 0.29) is 11.5 Å². The van der Waals surface area contributed by atoms with E-state index in [1.165, 1.54) is 31.2 Å². The lowest BCUT2D eigenvalue weighted by molar-refractivity contribution is 0.0108. The zero-order valence-corrected chi connectivity index (χ0v) is 14.3. The first-order valence-corrected chi connectivity index (χ1v) is 9.37. The van der Waals surface area contributed by atoms with Gasteiger partial charge in [-0.25, -0.2) is 0 Å². The van der Waals surface area contributed by atoms with Gasteiger partial charge >= 0.3 is 0 Å². The maximum Gasteiger partial charge on any atom is 0.0577 e. The number of likely N-dealkylation sites (N-methyl/N-ethyl adjacent to an activating group) is 1.